The number of rotatable bonds is 4. The largest absolute Gasteiger partial charge is 0.388 e. The van der Waals surface area contributed by atoms with Gasteiger partial charge in [-0.05, 0) is 36.4 Å². The summed E-state index contributed by atoms with van der Waals surface area (Å²) in [5.41, 5.74) is 1.23. The number of nitriles is 1. The third kappa shape index (κ3) is 2.96. The molecule has 0 bridgehead atoms. The number of hydrogen-bond donors (Lipinski definition) is 0. The van der Waals surface area contributed by atoms with Crippen molar-refractivity contribution in [3.05, 3.63) is 59.7 Å². The first-order chi connectivity index (χ1) is 9.74. The topological polar surface area (TPSA) is 79.5 Å². The Hall–Kier alpha value is -3.22. The van der Waals surface area contributed by atoms with Crippen LogP contribution in [0.4, 0.5) is 5.69 Å². The van der Waals surface area contributed by atoms with E-state index in [0.29, 0.717) is 22.6 Å². The van der Waals surface area contributed by atoms with Gasteiger partial charge in [-0.15, -0.1) is 5.26 Å². The average molecular weight is 264 g/mol. The number of aliphatic imine (C=N–C) groups is 1. The van der Waals surface area contributed by atoms with Gasteiger partial charge in [0.05, 0.1) is 5.69 Å². The highest BCUT2D eigenvalue weighted by Gasteiger charge is 2.09. The van der Waals surface area contributed by atoms with Crippen molar-refractivity contribution in [1.29, 1.82) is 5.26 Å². The SMILES string of the molecule is N#COc1ccc(C(=O)c2cccc(N=C=O)c2)cc1. The molecule has 96 valence electrons. The highest BCUT2D eigenvalue weighted by Crippen LogP contribution is 2.18. The van der Waals surface area contributed by atoms with Crippen LogP contribution >= 0.6 is 0 Å². The second kappa shape index (κ2) is 6.10. The highest BCUT2D eigenvalue weighted by molar-refractivity contribution is 6.09. The van der Waals surface area contributed by atoms with Crippen LogP contribution in [0.5, 0.6) is 5.75 Å². The summed E-state index contributed by atoms with van der Waals surface area (Å²) >= 11 is 0. The molecule has 0 heterocycles. The van der Waals surface area contributed by atoms with E-state index in [2.05, 4.69) is 9.73 Å². The van der Waals surface area contributed by atoms with Crippen molar-refractivity contribution in [2.24, 2.45) is 4.99 Å². The van der Waals surface area contributed by atoms with Crippen LogP contribution in [-0.2, 0) is 4.79 Å². The molecule has 0 spiro atoms. The normalized spacial score (nSPS) is 9.15. The fourth-order valence-electron chi connectivity index (χ4n) is 1.66. The molecule has 0 N–H and O–H groups in total. The van der Waals surface area contributed by atoms with E-state index in [4.69, 9.17) is 5.26 Å². The minimum absolute atomic E-state index is 0.212. The van der Waals surface area contributed by atoms with Gasteiger partial charge in [-0.3, -0.25) is 4.79 Å². The second-order valence-corrected chi connectivity index (χ2v) is 3.80. The lowest BCUT2D eigenvalue weighted by Gasteiger charge is -2.02. The van der Waals surface area contributed by atoms with E-state index in [1.54, 1.807) is 36.6 Å². The molecule has 5 heteroatoms. The van der Waals surface area contributed by atoms with Gasteiger partial charge in [-0.25, -0.2) is 4.79 Å². The Morgan fingerprint density at radius 1 is 1.10 bits per heavy atom. The molecule has 0 saturated heterocycles. The van der Waals surface area contributed by atoms with Gasteiger partial charge in [0, 0.05) is 11.1 Å². The van der Waals surface area contributed by atoms with Crippen LogP contribution in [0.1, 0.15) is 15.9 Å². The molecule has 20 heavy (non-hydrogen) atoms. The van der Waals surface area contributed by atoms with Crippen LogP contribution in [-0.4, -0.2) is 11.9 Å². The Bertz CT molecular complexity index is 724. The van der Waals surface area contributed by atoms with Gasteiger partial charge in [0.15, 0.2) is 5.78 Å². The molecule has 0 atom stereocenters. The second-order valence-electron chi connectivity index (χ2n) is 3.80. The van der Waals surface area contributed by atoms with Crippen molar-refractivity contribution < 1.29 is 14.3 Å². The number of isocyanates is 1. The zero-order valence-electron chi connectivity index (χ0n) is 10.2. The number of benzene rings is 2. The molecular weight excluding hydrogens is 256 g/mol. The molecule has 0 radical (unpaired) electrons. The number of carbonyl (C=O) groups excluding carboxylic acids is 2. The number of hydrogen-bond acceptors (Lipinski definition) is 5. The summed E-state index contributed by atoms with van der Waals surface area (Å²) < 4.78 is 4.63. The van der Waals surface area contributed by atoms with E-state index < -0.39 is 0 Å². The van der Waals surface area contributed by atoms with Gasteiger partial charge < -0.3 is 4.74 Å². The number of nitrogens with zero attached hydrogens (tertiary/aromatic N) is 2. The molecule has 0 aliphatic carbocycles. The summed E-state index contributed by atoms with van der Waals surface area (Å²) in [5, 5.41) is 8.38. The molecule has 0 saturated carbocycles. The van der Waals surface area contributed by atoms with E-state index in [0.717, 1.165) is 0 Å². The van der Waals surface area contributed by atoms with Crippen LogP contribution < -0.4 is 4.74 Å². The summed E-state index contributed by atoms with van der Waals surface area (Å²) in [6.07, 6.45) is 2.98. The highest BCUT2D eigenvalue weighted by atomic mass is 16.5. The lowest BCUT2D eigenvalue weighted by atomic mass is 10.0. The first kappa shape index (κ1) is 13.2. The molecule has 2 rings (SSSR count). The molecule has 5 nitrogen and oxygen atoms in total. The summed E-state index contributed by atoms with van der Waals surface area (Å²) in [6, 6.07) is 12.6. The van der Waals surface area contributed by atoms with Gasteiger partial charge in [0.2, 0.25) is 6.08 Å². The molecule has 0 aromatic heterocycles. The predicted octanol–water partition coefficient (Wildman–Crippen LogP) is 2.74. The maximum absolute atomic E-state index is 12.2. The third-order valence-corrected chi connectivity index (χ3v) is 2.56. The summed E-state index contributed by atoms with van der Waals surface area (Å²) in [4.78, 5) is 25.9. The summed E-state index contributed by atoms with van der Waals surface area (Å²) in [6.45, 7) is 0. The van der Waals surface area contributed by atoms with Crippen molar-refractivity contribution in [1.82, 2.24) is 0 Å². The molecule has 0 fully saturated rings. The Kier molecular flexibility index (Phi) is 4.03. The minimum Gasteiger partial charge on any atom is -0.388 e. The first-order valence-corrected chi connectivity index (χ1v) is 5.63. The lowest BCUT2D eigenvalue weighted by Crippen LogP contribution is -2.00. The van der Waals surface area contributed by atoms with E-state index in [9.17, 15) is 9.59 Å². The average Bonchev–Trinajstić information content (AvgIpc) is 2.48. The Morgan fingerprint density at radius 2 is 1.85 bits per heavy atom. The van der Waals surface area contributed by atoms with Crippen LogP contribution in [0, 0.1) is 11.5 Å². The Balaban J connectivity index is 2.29. The van der Waals surface area contributed by atoms with E-state index in [-0.39, 0.29) is 5.78 Å². The van der Waals surface area contributed by atoms with Gasteiger partial charge in [-0.1, -0.05) is 12.1 Å². The Labute approximate surface area is 114 Å². The molecule has 2 aromatic rings. The molecule has 0 aliphatic rings. The van der Waals surface area contributed by atoms with E-state index in [1.165, 1.54) is 24.3 Å². The quantitative estimate of drug-likeness (QED) is 0.368. The zero-order valence-corrected chi connectivity index (χ0v) is 10.2. The fraction of sp³-hybridized carbons (Fsp3) is 0. The molecule has 0 unspecified atom stereocenters. The van der Waals surface area contributed by atoms with Crippen LogP contribution in [0.25, 0.3) is 0 Å². The predicted molar refractivity (Wildman–Crippen MR) is 70.3 cm³/mol. The number of ether oxygens (including phenoxy) is 1. The molecular formula is C15H8N2O3. The molecule has 0 amide bonds. The van der Waals surface area contributed by atoms with Crippen molar-refractivity contribution in [3.63, 3.8) is 0 Å². The van der Waals surface area contributed by atoms with Gasteiger partial charge in [0.1, 0.15) is 5.75 Å². The smallest absolute Gasteiger partial charge is 0.292 e. The van der Waals surface area contributed by atoms with Crippen LogP contribution in [0.15, 0.2) is 53.5 Å². The summed E-state index contributed by atoms with van der Waals surface area (Å²) in [7, 11) is 0. The van der Waals surface area contributed by atoms with Crippen molar-refractivity contribution in [2.75, 3.05) is 0 Å². The first-order valence-electron chi connectivity index (χ1n) is 5.63. The van der Waals surface area contributed by atoms with E-state index >= 15 is 0 Å². The van der Waals surface area contributed by atoms with Crippen LogP contribution in [0.3, 0.4) is 0 Å². The summed E-state index contributed by atoms with van der Waals surface area (Å²) in [5.74, 6) is 0.153. The van der Waals surface area contributed by atoms with Crippen molar-refractivity contribution >= 4 is 17.6 Å². The van der Waals surface area contributed by atoms with Gasteiger partial charge >= 0.3 is 0 Å². The van der Waals surface area contributed by atoms with Gasteiger partial charge in [0.25, 0.3) is 6.26 Å². The lowest BCUT2D eigenvalue weighted by molar-refractivity contribution is 0.103. The Morgan fingerprint density at radius 3 is 2.50 bits per heavy atom. The van der Waals surface area contributed by atoms with Crippen LogP contribution in [0.2, 0.25) is 0 Å². The molecule has 2 aromatic carbocycles. The number of ketones is 1. The fourth-order valence-corrected chi connectivity index (χ4v) is 1.66. The van der Waals surface area contributed by atoms with Crippen molar-refractivity contribution in [3.8, 4) is 12.0 Å². The maximum atomic E-state index is 12.2. The monoisotopic (exact) mass is 264 g/mol. The van der Waals surface area contributed by atoms with Crippen molar-refractivity contribution in [2.45, 2.75) is 0 Å². The van der Waals surface area contributed by atoms with E-state index in [1.807, 2.05) is 0 Å². The number of carbonyl (C=O) groups is 1. The molecule has 0 aliphatic heterocycles. The van der Waals surface area contributed by atoms with Gasteiger partial charge in [-0.2, -0.15) is 4.99 Å². The zero-order chi connectivity index (χ0) is 14.4. The standard InChI is InChI=1S/C15H8N2O3/c16-9-20-14-6-4-11(5-7-14)15(19)12-2-1-3-13(8-12)17-10-18/h1-8H. The third-order valence-electron chi connectivity index (χ3n) is 2.56. The maximum Gasteiger partial charge on any atom is 0.292 e. The minimum atomic E-state index is -0.212.